The zero-order valence-corrected chi connectivity index (χ0v) is 12.1. The van der Waals surface area contributed by atoms with Gasteiger partial charge in [-0.3, -0.25) is 9.59 Å². The molecule has 0 atom stereocenters. The summed E-state index contributed by atoms with van der Waals surface area (Å²) < 4.78 is 8.31. The van der Waals surface area contributed by atoms with Crippen LogP contribution in [0.15, 0.2) is 36.5 Å². The highest BCUT2D eigenvalue weighted by molar-refractivity contribution is 6.05. The van der Waals surface area contributed by atoms with Crippen molar-refractivity contribution < 1.29 is 48.5 Å². The first-order valence-corrected chi connectivity index (χ1v) is 6.02. The third-order valence-corrected chi connectivity index (χ3v) is 2.05. The summed E-state index contributed by atoms with van der Waals surface area (Å²) in [5.41, 5.74) is -0.987. The summed E-state index contributed by atoms with van der Waals surface area (Å²) in [4.78, 5) is 65.5. The number of hydrogen-bond donors (Lipinski definition) is 2. The number of hydrogen-bond acceptors (Lipinski definition) is 8. The van der Waals surface area contributed by atoms with Gasteiger partial charge >= 0.3 is 35.8 Å². The van der Waals surface area contributed by atoms with Crippen molar-refractivity contribution in [1.82, 2.24) is 0 Å². The predicted octanol–water partition coefficient (Wildman–Crippen LogP) is -0.256. The molecule has 0 aromatic carbocycles. The normalized spacial score (nSPS) is 9.83. The Morgan fingerprint density at radius 1 is 0.708 bits per heavy atom. The van der Waals surface area contributed by atoms with Crippen molar-refractivity contribution in [3.8, 4) is 0 Å². The van der Waals surface area contributed by atoms with Gasteiger partial charge in [0.2, 0.25) is 0 Å². The summed E-state index contributed by atoms with van der Waals surface area (Å²) in [5, 5.41) is 16.8. The van der Waals surface area contributed by atoms with Crippen molar-refractivity contribution in [3.05, 3.63) is 36.5 Å². The van der Waals surface area contributed by atoms with E-state index in [1.54, 1.807) is 0 Å². The molecule has 0 unspecified atom stereocenters. The molecular weight excluding hydrogens is 328 g/mol. The molecule has 0 bridgehead atoms. The fourth-order valence-electron chi connectivity index (χ4n) is 1.04. The number of carbonyl (C=O) groups is 6. The van der Waals surface area contributed by atoms with Crippen LogP contribution >= 0.6 is 0 Å². The minimum Gasteiger partial charge on any atom is -0.481 e. The fraction of sp³-hybridized carbons (Fsp3) is 0.143. The first kappa shape index (κ1) is 20.4. The molecule has 10 nitrogen and oxygen atoms in total. The molecule has 128 valence electrons. The van der Waals surface area contributed by atoms with Gasteiger partial charge < -0.3 is 19.7 Å². The van der Waals surface area contributed by atoms with E-state index in [2.05, 4.69) is 22.6 Å². The molecule has 0 aliphatic carbocycles. The molecule has 0 saturated carbocycles. The molecule has 0 saturated heterocycles. The van der Waals surface area contributed by atoms with E-state index < -0.39 is 59.8 Å². The van der Waals surface area contributed by atoms with Crippen LogP contribution in [0.1, 0.15) is 12.8 Å². The first-order valence-electron chi connectivity index (χ1n) is 6.02. The van der Waals surface area contributed by atoms with Gasteiger partial charge in [0.15, 0.2) is 0 Å². The summed E-state index contributed by atoms with van der Waals surface area (Å²) in [6.45, 7) is 6.20. The molecule has 0 aliphatic rings. The Hall–Kier alpha value is -3.56. The van der Waals surface area contributed by atoms with Crippen LogP contribution in [0.5, 0.6) is 0 Å². The molecule has 0 amide bonds. The third-order valence-electron chi connectivity index (χ3n) is 2.05. The molecule has 24 heavy (non-hydrogen) atoms. The summed E-state index contributed by atoms with van der Waals surface area (Å²) in [5.74, 6) is -7.98. The number of carboxylic acids is 2. The van der Waals surface area contributed by atoms with Crippen molar-refractivity contribution in [2.75, 3.05) is 0 Å². The van der Waals surface area contributed by atoms with Crippen LogP contribution in [0.2, 0.25) is 0 Å². The van der Waals surface area contributed by atoms with E-state index in [1.165, 1.54) is 0 Å². The lowest BCUT2D eigenvalue weighted by molar-refractivity contribution is -0.156. The highest BCUT2D eigenvalue weighted by atomic mass is 16.6. The van der Waals surface area contributed by atoms with E-state index in [4.69, 9.17) is 10.2 Å². The van der Waals surface area contributed by atoms with E-state index in [-0.39, 0.29) is 0 Å². The van der Waals surface area contributed by atoms with Gasteiger partial charge in [-0.2, -0.15) is 0 Å². The van der Waals surface area contributed by atoms with Gasteiger partial charge in [-0.05, 0) is 0 Å². The number of esters is 4. The van der Waals surface area contributed by atoms with Gasteiger partial charge in [0.05, 0.1) is 12.8 Å². The molecule has 0 radical (unpaired) electrons. The Bertz CT molecular complexity index is 596. The lowest BCUT2D eigenvalue weighted by Gasteiger charge is -2.02. The van der Waals surface area contributed by atoms with Crippen LogP contribution in [0.4, 0.5) is 0 Å². The molecule has 0 fully saturated rings. The zero-order valence-electron chi connectivity index (χ0n) is 12.1. The van der Waals surface area contributed by atoms with Crippen molar-refractivity contribution in [2.24, 2.45) is 0 Å². The van der Waals surface area contributed by atoms with Crippen LogP contribution in [0, 0.1) is 0 Å². The lowest BCUT2D eigenvalue weighted by Crippen LogP contribution is -2.16. The molecule has 0 rings (SSSR count). The Balaban J connectivity index is 4.47. The van der Waals surface area contributed by atoms with Gasteiger partial charge in [0.1, 0.15) is 0 Å². The molecule has 0 heterocycles. The highest BCUT2D eigenvalue weighted by Gasteiger charge is 2.17. The molecule has 0 aromatic heterocycles. The fourth-order valence-corrected chi connectivity index (χ4v) is 1.04. The Morgan fingerprint density at radius 3 is 1.25 bits per heavy atom. The third kappa shape index (κ3) is 8.67. The van der Waals surface area contributed by atoms with Gasteiger partial charge in [-0.1, -0.05) is 13.2 Å². The number of ether oxygens (including phenoxy) is 2. The molecule has 0 aliphatic heterocycles. The maximum Gasteiger partial charge on any atom is 0.341 e. The average molecular weight is 340 g/mol. The zero-order chi connectivity index (χ0) is 18.9. The van der Waals surface area contributed by atoms with Crippen molar-refractivity contribution in [2.45, 2.75) is 12.8 Å². The van der Waals surface area contributed by atoms with E-state index in [0.717, 1.165) is 0 Å². The summed E-state index contributed by atoms with van der Waals surface area (Å²) >= 11 is 0. The first-order chi connectivity index (χ1) is 11.0. The number of aliphatic carboxylic acids is 2. The van der Waals surface area contributed by atoms with Crippen LogP contribution in [-0.2, 0) is 38.2 Å². The van der Waals surface area contributed by atoms with Gasteiger partial charge in [-0.25, -0.2) is 19.2 Å². The van der Waals surface area contributed by atoms with Gasteiger partial charge in [0, 0.05) is 23.3 Å². The van der Waals surface area contributed by atoms with Crippen LogP contribution in [-0.4, -0.2) is 46.0 Å². The largest absolute Gasteiger partial charge is 0.481 e. The minimum absolute atomic E-state index is 0.446. The minimum atomic E-state index is -1.36. The second-order valence-corrected chi connectivity index (χ2v) is 4.10. The predicted molar refractivity (Wildman–Crippen MR) is 74.1 cm³/mol. The molecule has 2 N–H and O–H groups in total. The number of carbonyl (C=O) groups excluding carboxylic acids is 4. The summed E-state index contributed by atoms with van der Waals surface area (Å²) in [7, 11) is 0. The molecule has 0 spiro atoms. The quantitative estimate of drug-likeness (QED) is 0.342. The standard InChI is InChI=1S/C14H12O10/c1-7(5-9(15)16)13(21)23-11(19)3-4-12(20)24-14(22)8(2)6-10(17)18/h3-4H,1-2,5-6H2,(H,15,16)(H,17,18)/b4-3-. The summed E-state index contributed by atoms with van der Waals surface area (Å²) in [6, 6.07) is 0. The van der Waals surface area contributed by atoms with E-state index in [0.29, 0.717) is 12.2 Å². The number of rotatable bonds is 8. The topological polar surface area (TPSA) is 161 Å². The second-order valence-electron chi connectivity index (χ2n) is 4.10. The van der Waals surface area contributed by atoms with Crippen LogP contribution in [0.3, 0.4) is 0 Å². The van der Waals surface area contributed by atoms with Crippen molar-refractivity contribution >= 4 is 35.8 Å². The Kier molecular flexibility index (Phi) is 8.05. The highest BCUT2D eigenvalue weighted by Crippen LogP contribution is 2.03. The maximum atomic E-state index is 11.2. The average Bonchev–Trinajstić information content (AvgIpc) is 2.43. The summed E-state index contributed by atoms with van der Waals surface area (Å²) in [6.07, 6.45) is -0.584. The van der Waals surface area contributed by atoms with Crippen LogP contribution < -0.4 is 0 Å². The van der Waals surface area contributed by atoms with Crippen molar-refractivity contribution in [1.29, 1.82) is 0 Å². The van der Waals surface area contributed by atoms with E-state index in [1.807, 2.05) is 0 Å². The SMILES string of the molecule is C=C(CC(=O)O)C(=O)OC(=O)/C=C\C(=O)OC(=O)C(=C)CC(=O)O. The van der Waals surface area contributed by atoms with Crippen LogP contribution in [0.25, 0.3) is 0 Å². The van der Waals surface area contributed by atoms with E-state index >= 15 is 0 Å². The second kappa shape index (κ2) is 9.46. The van der Waals surface area contributed by atoms with Gasteiger partial charge in [0.25, 0.3) is 0 Å². The Morgan fingerprint density at radius 2 is 1.00 bits per heavy atom. The molecular formula is C14H12O10. The Labute approximate surface area is 134 Å². The smallest absolute Gasteiger partial charge is 0.341 e. The monoisotopic (exact) mass is 340 g/mol. The molecule has 0 aromatic rings. The maximum absolute atomic E-state index is 11.2. The van der Waals surface area contributed by atoms with Crippen molar-refractivity contribution in [3.63, 3.8) is 0 Å². The number of carboxylic acid groups (broad SMARTS) is 2. The van der Waals surface area contributed by atoms with E-state index in [9.17, 15) is 28.8 Å². The van der Waals surface area contributed by atoms with Gasteiger partial charge in [-0.15, -0.1) is 0 Å². The lowest BCUT2D eigenvalue weighted by atomic mass is 10.2. The molecule has 10 heteroatoms.